The van der Waals surface area contributed by atoms with Crippen molar-refractivity contribution in [1.29, 1.82) is 0 Å². The molecule has 0 bridgehead atoms. The minimum Gasteiger partial charge on any atom is -0.310 e. The second kappa shape index (κ2) is 5.44. The van der Waals surface area contributed by atoms with E-state index in [2.05, 4.69) is 57.3 Å². The fourth-order valence-electron chi connectivity index (χ4n) is 2.89. The third kappa shape index (κ3) is 3.58. The summed E-state index contributed by atoms with van der Waals surface area (Å²) in [5.74, 6) is 0.627. The summed E-state index contributed by atoms with van der Waals surface area (Å²) >= 11 is 0. The standard InChI is InChI=1S/C17H27N/c1-13(2)15-7-5-14(6-8-15)12-18-16-9-10-17(3,4)11-16/h5-8,13,16,18H,9-12H2,1-4H3. The molecule has 1 atom stereocenters. The van der Waals surface area contributed by atoms with Crippen LogP contribution in [0.3, 0.4) is 0 Å². The summed E-state index contributed by atoms with van der Waals surface area (Å²) in [6.07, 6.45) is 4.01. The van der Waals surface area contributed by atoms with Gasteiger partial charge in [0.1, 0.15) is 0 Å². The Labute approximate surface area is 112 Å². The SMILES string of the molecule is CC(C)c1ccc(CNC2CCC(C)(C)C2)cc1. The van der Waals surface area contributed by atoms with Gasteiger partial charge in [-0.25, -0.2) is 0 Å². The van der Waals surface area contributed by atoms with Crippen molar-refractivity contribution in [2.45, 2.75) is 65.5 Å². The minimum atomic E-state index is 0.541. The van der Waals surface area contributed by atoms with Gasteiger partial charge in [-0.15, -0.1) is 0 Å². The first-order chi connectivity index (χ1) is 8.46. The molecule has 1 nitrogen and oxygen atoms in total. The predicted octanol–water partition coefficient (Wildman–Crippen LogP) is 4.48. The highest BCUT2D eigenvalue weighted by molar-refractivity contribution is 5.24. The van der Waals surface area contributed by atoms with Gasteiger partial charge in [0.05, 0.1) is 0 Å². The molecule has 0 saturated heterocycles. The zero-order valence-corrected chi connectivity index (χ0v) is 12.3. The molecule has 1 aromatic carbocycles. The van der Waals surface area contributed by atoms with Crippen molar-refractivity contribution in [2.75, 3.05) is 0 Å². The number of hydrogen-bond acceptors (Lipinski definition) is 1. The van der Waals surface area contributed by atoms with Gasteiger partial charge in [0.25, 0.3) is 0 Å². The van der Waals surface area contributed by atoms with E-state index in [9.17, 15) is 0 Å². The smallest absolute Gasteiger partial charge is 0.0208 e. The molecule has 18 heavy (non-hydrogen) atoms. The minimum absolute atomic E-state index is 0.541. The molecule has 0 spiro atoms. The van der Waals surface area contributed by atoms with E-state index in [1.807, 2.05) is 0 Å². The number of nitrogens with one attached hydrogen (secondary N) is 1. The fraction of sp³-hybridized carbons (Fsp3) is 0.647. The van der Waals surface area contributed by atoms with Crippen molar-refractivity contribution in [1.82, 2.24) is 5.32 Å². The van der Waals surface area contributed by atoms with Gasteiger partial charge in [-0.1, -0.05) is 52.0 Å². The second-order valence-corrected chi connectivity index (χ2v) is 6.88. The first kappa shape index (κ1) is 13.6. The molecule has 1 N–H and O–H groups in total. The molecule has 0 aliphatic heterocycles. The average molecular weight is 245 g/mol. The van der Waals surface area contributed by atoms with E-state index >= 15 is 0 Å². The van der Waals surface area contributed by atoms with Crippen LogP contribution in [0, 0.1) is 5.41 Å². The van der Waals surface area contributed by atoms with Crippen LogP contribution >= 0.6 is 0 Å². The van der Waals surface area contributed by atoms with Crippen molar-refractivity contribution >= 4 is 0 Å². The van der Waals surface area contributed by atoms with Gasteiger partial charge in [-0.3, -0.25) is 0 Å². The molecule has 0 heterocycles. The average Bonchev–Trinajstić information content (AvgIpc) is 2.67. The maximum Gasteiger partial charge on any atom is 0.0208 e. The summed E-state index contributed by atoms with van der Waals surface area (Å²) in [7, 11) is 0. The Morgan fingerprint density at radius 3 is 2.39 bits per heavy atom. The molecule has 2 rings (SSSR count). The second-order valence-electron chi connectivity index (χ2n) is 6.88. The maximum absolute atomic E-state index is 3.70. The quantitative estimate of drug-likeness (QED) is 0.824. The summed E-state index contributed by atoms with van der Waals surface area (Å²) in [5, 5.41) is 3.70. The molecule has 1 heteroatoms. The van der Waals surface area contributed by atoms with Crippen LogP contribution in [-0.2, 0) is 6.54 Å². The predicted molar refractivity (Wildman–Crippen MR) is 78.8 cm³/mol. The van der Waals surface area contributed by atoms with Crippen LogP contribution in [0.25, 0.3) is 0 Å². The van der Waals surface area contributed by atoms with Crippen LogP contribution in [0.1, 0.15) is 64.0 Å². The molecule has 1 aliphatic carbocycles. The van der Waals surface area contributed by atoms with Crippen LogP contribution in [0.5, 0.6) is 0 Å². The van der Waals surface area contributed by atoms with Crippen molar-refractivity contribution < 1.29 is 0 Å². The van der Waals surface area contributed by atoms with Crippen molar-refractivity contribution in [3.8, 4) is 0 Å². The Morgan fingerprint density at radius 1 is 1.22 bits per heavy atom. The number of benzene rings is 1. The molecule has 1 fully saturated rings. The molecular formula is C17H27N. The van der Waals surface area contributed by atoms with Crippen LogP contribution in [0.15, 0.2) is 24.3 Å². The van der Waals surface area contributed by atoms with Gasteiger partial charge in [0.2, 0.25) is 0 Å². The van der Waals surface area contributed by atoms with Gasteiger partial charge in [-0.05, 0) is 41.7 Å². The highest BCUT2D eigenvalue weighted by Gasteiger charge is 2.30. The van der Waals surface area contributed by atoms with Crippen molar-refractivity contribution in [3.05, 3.63) is 35.4 Å². The lowest BCUT2D eigenvalue weighted by molar-refractivity contribution is 0.364. The van der Waals surface area contributed by atoms with E-state index in [0.717, 1.165) is 6.54 Å². The molecular weight excluding hydrogens is 218 g/mol. The summed E-state index contributed by atoms with van der Waals surface area (Å²) in [6, 6.07) is 9.77. The zero-order valence-electron chi connectivity index (χ0n) is 12.3. The molecule has 1 aromatic rings. The van der Waals surface area contributed by atoms with Crippen LogP contribution in [-0.4, -0.2) is 6.04 Å². The topological polar surface area (TPSA) is 12.0 Å². The van der Waals surface area contributed by atoms with E-state index in [4.69, 9.17) is 0 Å². The summed E-state index contributed by atoms with van der Waals surface area (Å²) in [5.41, 5.74) is 3.38. The molecule has 0 aromatic heterocycles. The summed E-state index contributed by atoms with van der Waals surface area (Å²) < 4.78 is 0. The Balaban J connectivity index is 1.84. The zero-order chi connectivity index (χ0) is 13.2. The van der Waals surface area contributed by atoms with Crippen LogP contribution < -0.4 is 5.32 Å². The Hall–Kier alpha value is -0.820. The normalized spacial score (nSPS) is 22.6. The third-order valence-corrected chi connectivity index (χ3v) is 4.21. The van der Waals surface area contributed by atoms with E-state index in [0.29, 0.717) is 17.4 Å². The molecule has 100 valence electrons. The maximum atomic E-state index is 3.70. The van der Waals surface area contributed by atoms with Gasteiger partial charge in [0.15, 0.2) is 0 Å². The van der Waals surface area contributed by atoms with E-state index in [1.165, 1.54) is 30.4 Å². The van der Waals surface area contributed by atoms with Gasteiger partial charge >= 0.3 is 0 Å². The first-order valence-electron chi connectivity index (χ1n) is 7.28. The highest BCUT2D eigenvalue weighted by atomic mass is 14.9. The highest BCUT2D eigenvalue weighted by Crippen LogP contribution is 2.36. The number of hydrogen-bond donors (Lipinski definition) is 1. The Bertz CT molecular complexity index is 375. The van der Waals surface area contributed by atoms with E-state index in [-0.39, 0.29) is 0 Å². The van der Waals surface area contributed by atoms with Crippen LogP contribution in [0.2, 0.25) is 0 Å². The van der Waals surface area contributed by atoms with Gasteiger partial charge in [-0.2, -0.15) is 0 Å². The lowest BCUT2D eigenvalue weighted by Crippen LogP contribution is -2.26. The van der Waals surface area contributed by atoms with Gasteiger partial charge < -0.3 is 5.32 Å². The lowest BCUT2D eigenvalue weighted by Gasteiger charge is -2.18. The Kier molecular flexibility index (Phi) is 4.11. The number of rotatable bonds is 4. The third-order valence-electron chi connectivity index (χ3n) is 4.21. The molecule has 1 unspecified atom stereocenters. The largest absolute Gasteiger partial charge is 0.310 e. The lowest BCUT2D eigenvalue weighted by atomic mass is 9.92. The molecule has 1 aliphatic rings. The first-order valence-corrected chi connectivity index (χ1v) is 7.28. The van der Waals surface area contributed by atoms with Gasteiger partial charge in [0, 0.05) is 12.6 Å². The molecule has 0 amide bonds. The Morgan fingerprint density at radius 2 is 1.89 bits per heavy atom. The summed E-state index contributed by atoms with van der Waals surface area (Å²) in [4.78, 5) is 0. The molecule has 1 saturated carbocycles. The van der Waals surface area contributed by atoms with Crippen LogP contribution in [0.4, 0.5) is 0 Å². The van der Waals surface area contributed by atoms with E-state index in [1.54, 1.807) is 0 Å². The monoisotopic (exact) mass is 245 g/mol. The van der Waals surface area contributed by atoms with E-state index < -0.39 is 0 Å². The van der Waals surface area contributed by atoms with Crippen molar-refractivity contribution in [2.24, 2.45) is 5.41 Å². The summed E-state index contributed by atoms with van der Waals surface area (Å²) in [6.45, 7) is 10.3. The molecule has 0 radical (unpaired) electrons. The fourth-order valence-corrected chi connectivity index (χ4v) is 2.89. The van der Waals surface area contributed by atoms with Crippen molar-refractivity contribution in [3.63, 3.8) is 0 Å².